The highest BCUT2D eigenvalue weighted by Gasteiger charge is 2.08. The van der Waals surface area contributed by atoms with E-state index < -0.39 is 0 Å². The summed E-state index contributed by atoms with van der Waals surface area (Å²) < 4.78 is 0. The number of rotatable bonds is 1. The van der Waals surface area contributed by atoms with E-state index in [1.54, 1.807) is 19.2 Å². The van der Waals surface area contributed by atoms with Gasteiger partial charge in [-0.15, -0.1) is 0 Å². The van der Waals surface area contributed by atoms with E-state index in [1.807, 2.05) is 13.0 Å². The molecule has 4 heteroatoms. The van der Waals surface area contributed by atoms with Crippen molar-refractivity contribution in [2.24, 2.45) is 0 Å². The zero-order chi connectivity index (χ0) is 11.7. The van der Waals surface area contributed by atoms with E-state index in [9.17, 15) is 0 Å². The van der Waals surface area contributed by atoms with E-state index >= 15 is 0 Å². The second-order valence-corrected chi connectivity index (χ2v) is 3.89. The number of pyridine rings is 1. The molecular formula is C12H10ClN3. The normalized spacial score (nSPS) is 10.1. The zero-order valence-electron chi connectivity index (χ0n) is 9.00. The fourth-order valence-corrected chi connectivity index (χ4v) is 1.78. The average Bonchev–Trinajstić information content (AvgIpc) is 2.32. The van der Waals surface area contributed by atoms with Crippen molar-refractivity contribution in [2.45, 2.75) is 6.92 Å². The van der Waals surface area contributed by atoms with Gasteiger partial charge in [0.05, 0.1) is 17.1 Å². The quantitative estimate of drug-likeness (QED) is 0.821. The summed E-state index contributed by atoms with van der Waals surface area (Å²) in [5.41, 5.74) is 2.28. The standard InChI is InChI=1S/C12H10ClN3/c1-7-10(13)4-3-9-8(6-14)5-11(15-2)16-12(7)9/h3-5H,1-2H3,(H,15,16). The minimum Gasteiger partial charge on any atom is -0.373 e. The van der Waals surface area contributed by atoms with Gasteiger partial charge in [0, 0.05) is 17.5 Å². The van der Waals surface area contributed by atoms with Crippen molar-refractivity contribution in [1.29, 1.82) is 5.26 Å². The van der Waals surface area contributed by atoms with E-state index in [0.717, 1.165) is 16.5 Å². The molecule has 1 aromatic heterocycles. The number of halogens is 1. The van der Waals surface area contributed by atoms with Gasteiger partial charge in [0.2, 0.25) is 0 Å². The summed E-state index contributed by atoms with van der Waals surface area (Å²) >= 11 is 6.04. The number of hydrogen-bond donors (Lipinski definition) is 1. The van der Waals surface area contributed by atoms with Gasteiger partial charge in [0.1, 0.15) is 5.82 Å². The topological polar surface area (TPSA) is 48.7 Å². The van der Waals surface area contributed by atoms with Gasteiger partial charge in [-0.25, -0.2) is 4.98 Å². The van der Waals surface area contributed by atoms with Crippen LogP contribution in [0.3, 0.4) is 0 Å². The first-order chi connectivity index (χ1) is 7.67. The Kier molecular flexibility index (Phi) is 2.67. The molecule has 80 valence electrons. The summed E-state index contributed by atoms with van der Waals surface area (Å²) in [4.78, 5) is 4.42. The highest BCUT2D eigenvalue weighted by molar-refractivity contribution is 6.32. The Morgan fingerprint density at radius 1 is 1.44 bits per heavy atom. The van der Waals surface area contributed by atoms with Crippen molar-refractivity contribution in [2.75, 3.05) is 12.4 Å². The molecule has 3 nitrogen and oxygen atoms in total. The van der Waals surface area contributed by atoms with Gasteiger partial charge >= 0.3 is 0 Å². The molecule has 0 saturated carbocycles. The number of aromatic nitrogens is 1. The molecule has 1 N–H and O–H groups in total. The van der Waals surface area contributed by atoms with Crippen LogP contribution in [-0.2, 0) is 0 Å². The summed E-state index contributed by atoms with van der Waals surface area (Å²) in [6.45, 7) is 1.90. The van der Waals surface area contributed by atoms with Crippen LogP contribution in [0.4, 0.5) is 5.82 Å². The summed E-state index contributed by atoms with van der Waals surface area (Å²) in [5, 5.41) is 13.5. The smallest absolute Gasteiger partial charge is 0.127 e. The van der Waals surface area contributed by atoms with Crippen LogP contribution in [0.2, 0.25) is 5.02 Å². The molecule has 0 aliphatic heterocycles. The number of benzene rings is 1. The van der Waals surface area contributed by atoms with Gasteiger partial charge in [-0.2, -0.15) is 5.26 Å². The molecule has 0 saturated heterocycles. The summed E-state index contributed by atoms with van der Waals surface area (Å²) in [6, 6.07) is 7.52. The second-order valence-electron chi connectivity index (χ2n) is 3.49. The number of fused-ring (bicyclic) bond motifs is 1. The Hall–Kier alpha value is -1.79. The molecule has 0 fully saturated rings. The van der Waals surface area contributed by atoms with Crippen molar-refractivity contribution in [3.63, 3.8) is 0 Å². The van der Waals surface area contributed by atoms with Crippen LogP contribution in [0, 0.1) is 18.3 Å². The molecule has 0 aliphatic carbocycles. The first kappa shape index (κ1) is 10.7. The van der Waals surface area contributed by atoms with Crippen molar-refractivity contribution >= 4 is 28.3 Å². The van der Waals surface area contributed by atoms with Gasteiger partial charge < -0.3 is 5.32 Å². The van der Waals surface area contributed by atoms with Crippen LogP contribution in [0.5, 0.6) is 0 Å². The molecule has 0 aliphatic rings. The first-order valence-electron chi connectivity index (χ1n) is 4.85. The third-order valence-corrected chi connectivity index (χ3v) is 2.95. The third kappa shape index (κ3) is 1.58. The Morgan fingerprint density at radius 3 is 2.81 bits per heavy atom. The third-order valence-electron chi connectivity index (χ3n) is 2.54. The molecule has 0 spiro atoms. The number of nitriles is 1. The Bertz CT molecular complexity index is 599. The maximum Gasteiger partial charge on any atom is 0.127 e. The maximum absolute atomic E-state index is 9.08. The van der Waals surface area contributed by atoms with E-state index in [-0.39, 0.29) is 0 Å². The first-order valence-corrected chi connectivity index (χ1v) is 5.23. The van der Waals surface area contributed by atoms with E-state index in [0.29, 0.717) is 16.4 Å². The fraction of sp³-hybridized carbons (Fsp3) is 0.167. The molecule has 16 heavy (non-hydrogen) atoms. The van der Waals surface area contributed by atoms with E-state index in [2.05, 4.69) is 16.4 Å². The van der Waals surface area contributed by atoms with Crippen molar-refractivity contribution < 1.29 is 0 Å². The number of nitrogens with zero attached hydrogens (tertiary/aromatic N) is 2. The fourth-order valence-electron chi connectivity index (χ4n) is 1.62. The van der Waals surface area contributed by atoms with Gasteiger partial charge in [-0.1, -0.05) is 11.6 Å². The van der Waals surface area contributed by atoms with Gasteiger partial charge in [0.25, 0.3) is 0 Å². The predicted molar refractivity (Wildman–Crippen MR) is 65.8 cm³/mol. The lowest BCUT2D eigenvalue weighted by Gasteiger charge is -2.07. The lowest BCUT2D eigenvalue weighted by atomic mass is 10.1. The lowest BCUT2D eigenvalue weighted by molar-refractivity contribution is 1.31. The average molecular weight is 232 g/mol. The van der Waals surface area contributed by atoms with Crippen LogP contribution < -0.4 is 5.32 Å². The minimum atomic E-state index is 0.606. The van der Waals surface area contributed by atoms with Crippen LogP contribution >= 0.6 is 11.6 Å². The highest BCUT2D eigenvalue weighted by atomic mass is 35.5. The van der Waals surface area contributed by atoms with E-state index in [1.165, 1.54) is 0 Å². The largest absolute Gasteiger partial charge is 0.373 e. The van der Waals surface area contributed by atoms with Crippen LogP contribution in [-0.4, -0.2) is 12.0 Å². The summed E-state index contributed by atoms with van der Waals surface area (Å²) in [6.07, 6.45) is 0. The van der Waals surface area contributed by atoms with Crippen LogP contribution in [0.15, 0.2) is 18.2 Å². The van der Waals surface area contributed by atoms with Gasteiger partial charge in [-0.05, 0) is 30.7 Å². The maximum atomic E-state index is 9.08. The SMILES string of the molecule is CNc1cc(C#N)c2ccc(Cl)c(C)c2n1. The Labute approximate surface area is 98.7 Å². The van der Waals surface area contributed by atoms with Crippen molar-refractivity contribution in [1.82, 2.24) is 4.98 Å². The van der Waals surface area contributed by atoms with Gasteiger partial charge in [-0.3, -0.25) is 0 Å². The van der Waals surface area contributed by atoms with Gasteiger partial charge in [0.15, 0.2) is 0 Å². The summed E-state index contributed by atoms with van der Waals surface area (Å²) in [7, 11) is 1.77. The van der Waals surface area contributed by atoms with Crippen LogP contribution in [0.1, 0.15) is 11.1 Å². The van der Waals surface area contributed by atoms with Crippen LogP contribution in [0.25, 0.3) is 10.9 Å². The highest BCUT2D eigenvalue weighted by Crippen LogP contribution is 2.27. The number of aryl methyl sites for hydroxylation is 1. The lowest BCUT2D eigenvalue weighted by Crippen LogP contribution is -1.96. The van der Waals surface area contributed by atoms with Crippen molar-refractivity contribution in [3.8, 4) is 6.07 Å². The Balaban J connectivity index is 2.91. The number of anilines is 1. The molecule has 0 unspecified atom stereocenters. The Morgan fingerprint density at radius 2 is 2.19 bits per heavy atom. The molecule has 0 bridgehead atoms. The van der Waals surface area contributed by atoms with E-state index in [4.69, 9.17) is 16.9 Å². The molecular weight excluding hydrogens is 222 g/mol. The molecule has 0 amide bonds. The molecule has 1 heterocycles. The number of hydrogen-bond acceptors (Lipinski definition) is 3. The summed E-state index contributed by atoms with van der Waals surface area (Å²) in [5.74, 6) is 0.675. The van der Waals surface area contributed by atoms with Crippen molar-refractivity contribution in [3.05, 3.63) is 34.3 Å². The zero-order valence-corrected chi connectivity index (χ0v) is 9.76. The second kappa shape index (κ2) is 3.99. The number of nitrogens with one attached hydrogen (secondary N) is 1. The molecule has 2 rings (SSSR count). The minimum absolute atomic E-state index is 0.606. The molecule has 2 aromatic rings. The predicted octanol–water partition coefficient (Wildman–Crippen LogP) is 3.11. The molecule has 0 radical (unpaired) electrons. The molecule has 0 atom stereocenters. The monoisotopic (exact) mass is 231 g/mol. The molecule has 1 aromatic carbocycles.